The van der Waals surface area contributed by atoms with Crippen LogP contribution in [0.5, 0.6) is 0 Å². The van der Waals surface area contributed by atoms with Crippen LogP contribution in [-0.4, -0.2) is 38.9 Å². The number of methoxy groups -OCH3 is 1. The highest BCUT2D eigenvalue weighted by Gasteiger charge is 2.19. The van der Waals surface area contributed by atoms with E-state index >= 15 is 0 Å². The predicted octanol–water partition coefficient (Wildman–Crippen LogP) is -0.462. The van der Waals surface area contributed by atoms with Gasteiger partial charge in [0, 0.05) is 13.2 Å². The molecule has 1 aliphatic heterocycles. The van der Waals surface area contributed by atoms with Gasteiger partial charge in [0.05, 0.1) is 13.7 Å². The average Bonchev–Trinajstić information content (AvgIpc) is 2.30. The van der Waals surface area contributed by atoms with Crippen LogP contribution in [0.3, 0.4) is 0 Å². The van der Waals surface area contributed by atoms with E-state index in [0.717, 1.165) is 6.54 Å². The van der Waals surface area contributed by atoms with Crippen molar-refractivity contribution in [3.8, 4) is 0 Å². The summed E-state index contributed by atoms with van der Waals surface area (Å²) in [5, 5.41) is 3.03. The molecule has 4 nitrogen and oxygen atoms in total. The van der Waals surface area contributed by atoms with Crippen molar-refractivity contribution in [2.24, 2.45) is 0 Å². The zero-order chi connectivity index (χ0) is 8.10. The third kappa shape index (κ3) is 2.48. The van der Waals surface area contributed by atoms with E-state index in [2.05, 4.69) is 10.1 Å². The van der Waals surface area contributed by atoms with Gasteiger partial charge in [0.2, 0.25) is 0 Å². The lowest BCUT2D eigenvalue weighted by atomic mass is 10.2. The molecule has 1 aliphatic rings. The van der Waals surface area contributed by atoms with Crippen LogP contribution < -0.4 is 5.32 Å². The van der Waals surface area contributed by atoms with Crippen molar-refractivity contribution >= 4 is 5.97 Å². The Labute approximate surface area is 65.9 Å². The van der Waals surface area contributed by atoms with Crippen molar-refractivity contribution in [1.29, 1.82) is 0 Å². The number of carbonyl (C=O) groups is 1. The van der Waals surface area contributed by atoms with Gasteiger partial charge in [-0.2, -0.15) is 0 Å². The van der Waals surface area contributed by atoms with E-state index in [1.165, 1.54) is 7.11 Å². The second-order valence-electron chi connectivity index (χ2n) is 2.43. The molecule has 0 amide bonds. The number of hydrogen-bond donors (Lipinski definition) is 1. The molecule has 0 bridgehead atoms. The van der Waals surface area contributed by atoms with E-state index in [0.29, 0.717) is 19.6 Å². The molecule has 1 rings (SSSR count). The Bertz CT molecular complexity index is 130. The summed E-state index contributed by atoms with van der Waals surface area (Å²) in [6, 6.07) is -0.178. The molecule has 1 atom stereocenters. The van der Waals surface area contributed by atoms with Crippen LogP contribution in [0.1, 0.15) is 6.42 Å². The Morgan fingerprint density at radius 2 is 2.45 bits per heavy atom. The molecule has 4 heteroatoms. The highest BCUT2D eigenvalue weighted by Crippen LogP contribution is 1.98. The molecule has 64 valence electrons. The monoisotopic (exact) mass is 159 g/mol. The Morgan fingerprint density at radius 1 is 1.64 bits per heavy atom. The van der Waals surface area contributed by atoms with E-state index in [-0.39, 0.29) is 12.0 Å². The van der Waals surface area contributed by atoms with Crippen LogP contribution >= 0.6 is 0 Å². The summed E-state index contributed by atoms with van der Waals surface area (Å²) >= 11 is 0. The normalized spacial score (nSPS) is 25.7. The van der Waals surface area contributed by atoms with Crippen LogP contribution in [0.25, 0.3) is 0 Å². The molecule has 1 N–H and O–H groups in total. The lowest BCUT2D eigenvalue weighted by Gasteiger charge is -2.10. The maximum atomic E-state index is 11.0. The van der Waals surface area contributed by atoms with Crippen LogP contribution in [-0.2, 0) is 14.3 Å². The van der Waals surface area contributed by atoms with Crippen molar-refractivity contribution in [3.05, 3.63) is 0 Å². The van der Waals surface area contributed by atoms with E-state index in [1.54, 1.807) is 0 Å². The van der Waals surface area contributed by atoms with Gasteiger partial charge in [-0.25, -0.2) is 0 Å². The number of esters is 1. The number of ether oxygens (including phenoxy) is 2. The first-order valence-corrected chi connectivity index (χ1v) is 3.73. The summed E-state index contributed by atoms with van der Waals surface area (Å²) in [7, 11) is 1.40. The number of carbonyl (C=O) groups excluding carboxylic acids is 1. The summed E-state index contributed by atoms with van der Waals surface area (Å²) in [5.74, 6) is -0.199. The fourth-order valence-electron chi connectivity index (χ4n) is 1.05. The zero-order valence-corrected chi connectivity index (χ0v) is 6.63. The van der Waals surface area contributed by atoms with Gasteiger partial charge >= 0.3 is 5.97 Å². The summed E-state index contributed by atoms with van der Waals surface area (Å²) in [4.78, 5) is 11.0. The Hall–Kier alpha value is -0.610. The molecular weight excluding hydrogens is 146 g/mol. The molecule has 0 spiro atoms. The molecule has 11 heavy (non-hydrogen) atoms. The minimum absolute atomic E-state index is 0.178. The van der Waals surface area contributed by atoms with E-state index in [9.17, 15) is 4.79 Å². The molecule has 0 aliphatic carbocycles. The van der Waals surface area contributed by atoms with Crippen molar-refractivity contribution in [3.63, 3.8) is 0 Å². The number of nitrogens with one attached hydrogen (secondary N) is 1. The van der Waals surface area contributed by atoms with Crippen molar-refractivity contribution in [2.75, 3.05) is 26.9 Å². The molecule has 0 radical (unpaired) electrons. The van der Waals surface area contributed by atoms with Gasteiger partial charge in [-0.3, -0.25) is 4.79 Å². The second-order valence-corrected chi connectivity index (χ2v) is 2.43. The van der Waals surface area contributed by atoms with Crippen LogP contribution in [0.2, 0.25) is 0 Å². The standard InChI is InChI=1S/C7H13NO3/c1-10-7(9)6-2-4-11-5-3-8-6/h6,8H,2-5H2,1H3/t6-/m1/s1. The lowest BCUT2D eigenvalue weighted by Crippen LogP contribution is -2.37. The molecule has 0 aromatic rings. The van der Waals surface area contributed by atoms with Gasteiger partial charge < -0.3 is 14.8 Å². The van der Waals surface area contributed by atoms with Gasteiger partial charge in [0.25, 0.3) is 0 Å². The summed E-state index contributed by atoms with van der Waals surface area (Å²) in [6.07, 6.45) is 0.701. The lowest BCUT2D eigenvalue weighted by molar-refractivity contribution is -0.143. The predicted molar refractivity (Wildman–Crippen MR) is 39.2 cm³/mol. The minimum Gasteiger partial charge on any atom is -0.468 e. The van der Waals surface area contributed by atoms with Crippen molar-refractivity contribution in [2.45, 2.75) is 12.5 Å². The number of rotatable bonds is 1. The SMILES string of the molecule is COC(=O)[C@H]1CCOCCN1. The smallest absolute Gasteiger partial charge is 0.322 e. The first-order valence-electron chi connectivity index (χ1n) is 3.73. The quantitative estimate of drug-likeness (QED) is 0.526. The van der Waals surface area contributed by atoms with Crippen LogP contribution in [0.15, 0.2) is 0 Å². The van der Waals surface area contributed by atoms with Crippen LogP contribution in [0, 0.1) is 0 Å². The molecular formula is C7H13NO3. The van der Waals surface area contributed by atoms with E-state index in [1.807, 2.05) is 0 Å². The van der Waals surface area contributed by atoms with E-state index < -0.39 is 0 Å². The van der Waals surface area contributed by atoms with Crippen molar-refractivity contribution in [1.82, 2.24) is 5.32 Å². The number of hydrogen-bond acceptors (Lipinski definition) is 4. The first-order chi connectivity index (χ1) is 5.34. The first kappa shape index (κ1) is 8.49. The van der Waals surface area contributed by atoms with Gasteiger partial charge in [-0.1, -0.05) is 0 Å². The molecule has 0 aromatic carbocycles. The summed E-state index contributed by atoms with van der Waals surface area (Å²) < 4.78 is 9.74. The fraction of sp³-hybridized carbons (Fsp3) is 0.857. The largest absolute Gasteiger partial charge is 0.468 e. The van der Waals surface area contributed by atoms with Gasteiger partial charge in [-0.15, -0.1) is 0 Å². The Morgan fingerprint density at radius 3 is 3.18 bits per heavy atom. The van der Waals surface area contributed by atoms with Gasteiger partial charge in [0.1, 0.15) is 6.04 Å². The molecule has 0 aromatic heterocycles. The van der Waals surface area contributed by atoms with E-state index in [4.69, 9.17) is 4.74 Å². The third-order valence-corrected chi connectivity index (χ3v) is 1.67. The Kier molecular flexibility index (Phi) is 3.32. The fourth-order valence-corrected chi connectivity index (χ4v) is 1.05. The molecule has 0 saturated carbocycles. The highest BCUT2D eigenvalue weighted by molar-refractivity contribution is 5.75. The minimum atomic E-state index is -0.199. The maximum Gasteiger partial charge on any atom is 0.322 e. The topological polar surface area (TPSA) is 47.6 Å². The average molecular weight is 159 g/mol. The molecule has 0 unspecified atom stereocenters. The van der Waals surface area contributed by atoms with Crippen LogP contribution in [0.4, 0.5) is 0 Å². The molecule has 1 saturated heterocycles. The van der Waals surface area contributed by atoms with Gasteiger partial charge in [0.15, 0.2) is 0 Å². The third-order valence-electron chi connectivity index (χ3n) is 1.67. The molecule has 1 fully saturated rings. The van der Waals surface area contributed by atoms with Gasteiger partial charge in [-0.05, 0) is 6.42 Å². The summed E-state index contributed by atoms with van der Waals surface area (Å²) in [6.45, 7) is 2.03. The van der Waals surface area contributed by atoms with Crippen molar-refractivity contribution < 1.29 is 14.3 Å². The maximum absolute atomic E-state index is 11.0. The second kappa shape index (κ2) is 4.31. The summed E-state index contributed by atoms with van der Waals surface area (Å²) in [5.41, 5.74) is 0. The highest BCUT2D eigenvalue weighted by atomic mass is 16.5. The zero-order valence-electron chi connectivity index (χ0n) is 6.63. The Balaban J connectivity index is 2.36. The molecule has 1 heterocycles.